The van der Waals surface area contributed by atoms with E-state index < -0.39 is 11.6 Å². The summed E-state index contributed by atoms with van der Waals surface area (Å²) in [6.45, 7) is 14.5. The second-order valence-corrected chi connectivity index (χ2v) is 22.7. The van der Waals surface area contributed by atoms with Gasteiger partial charge in [-0.1, -0.05) is 56.5 Å². The number of carbonyl (C=O) groups is 4. The number of aliphatic hydroxyl groups is 1. The summed E-state index contributed by atoms with van der Waals surface area (Å²) in [7, 11) is 2.18. The van der Waals surface area contributed by atoms with Gasteiger partial charge in [0.15, 0.2) is 11.4 Å². The minimum absolute atomic E-state index is 0.0115. The Bertz CT molecular complexity index is 3020. The zero-order valence-corrected chi connectivity index (χ0v) is 43.3. The molecule has 11 rings (SSSR count). The molecule has 13 heteroatoms. The van der Waals surface area contributed by atoms with E-state index in [1.165, 1.54) is 54.1 Å². The van der Waals surface area contributed by atoms with Gasteiger partial charge >= 0.3 is 11.9 Å². The predicted octanol–water partition coefficient (Wildman–Crippen LogP) is 8.54. The third kappa shape index (κ3) is 8.80. The lowest BCUT2D eigenvalue weighted by molar-refractivity contribution is -0.172. The van der Waals surface area contributed by atoms with E-state index in [0.29, 0.717) is 36.2 Å². The minimum atomic E-state index is -1.85. The van der Waals surface area contributed by atoms with Gasteiger partial charge in [0.2, 0.25) is 0 Å². The maximum atomic E-state index is 13.7. The van der Waals surface area contributed by atoms with Gasteiger partial charge in [-0.3, -0.25) is 24.1 Å². The smallest absolute Gasteiger partial charge is 0.343 e. The monoisotopic (exact) mass is 990 g/mol. The van der Waals surface area contributed by atoms with Crippen molar-refractivity contribution in [2.24, 2.45) is 23.2 Å². The van der Waals surface area contributed by atoms with Crippen LogP contribution in [0.1, 0.15) is 132 Å². The van der Waals surface area contributed by atoms with E-state index in [1.54, 1.807) is 24.5 Å². The molecule has 1 unspecified atom stereocenters. The fourth-order valence-corrected chi connectivity index (χ4v) is 14.7. The molecule has 0 radical (unpaired) electrons. The average Bonchev–Trinajstić information content (AvgIpc) is 3.93. The SMILES string of the molecule is CC[C@@]1(O)C(=O)OCc2c1cc1n(c2=O)Cc2cc3c(CN4CCN(CCCCCCN(C)c5ccc([C@H]6C[C@]7(C)[C@H](C(C)=O)CC[C@H]7[C@H]7C6=C6CCC(=O)C=C6CC7OC(C)=O)cc5)CC4)cccc3nc2-1. The molecular weight excluding hydrogens is 919 g/mol. The van der Waals surface area contributed by atoms with E-state index in [2.05, 4.69) is 71.1 Å². The average molecular weight is 990 g/mol. The van der Waals surface area contributed by atoms with Gasteiger partial charge in [-0.15, -0.1) is 0 Å². The fourth-order valence-electron chi connectivity index (χ4n) is 14.7. The van der Waals surface area contributed by atoms with Crippen LogP contribution in [0.25, 0.3) is 22.3 Å². The minimum Gasteiger partial charge on any atom is -0.462 e. The van der Waals surface area contributed by atoms with E-state index in [1.807, 2.05) is 12.1 Å². The van der Waals surface area contributed by atoms with Crippen molar-refractivity contribution in [1.29, 1.82) is 0 Å². The number of hydrogen-bond donors (Lipinski definition) is 1. The molecular formula is C60H71N5O8. The quantitative estimate of drug-likeness (QED) is 0.0839. The molecule has 0 bridgehead atoms. The molecule has 0 amide bonds. The van der Waals surface area contributed by atoms with E-state index >= 15 is 0 Å². The third-order valence-electron chi connectivity index (χ3n) is 18.5. The molecule has 0 spiro atoms. The van der Waals surface area contributed by atoms with Gasteiger partial charge in [0.05, 0.1) is 29.0 Å². The number of rotatable bonds is 14. The zero-order chi connectivity index (χ0) is 50.9. The number of ether oxygens (including phenoxy) is 2. The Morgan fingerprint density at radius 2 is 1.71 bits per heavy atom. The van der Waals surface area contributed by atoms with Gasteiger partial charge in [0, 0.05) is 106 Å². The molecule has 2 aromatic carbocycles. The molecule has 13 nitrogen and oxygen atoms in total. The first-order chi connectivity index (χ1) is 35.1. The third-order valence-corrected chi connectivity index (χ3v) is 18.5. The highest BCUT2D eigenvalue weighted by atomic mass is 16.6. The molecule has 2 aromatic heterocycles. The van der Waals surface area contributed by atoms with Crippen molar-refractivity contribution in [3.8, 4) is 11.4 Å². The number of unbranched alkanes of at least 4 members (excludes halogenated alkanes) is 3. The summed E-state index contributed by atoms with van der Waals surface area (Å²) in [5.74, 6) is -0.242. The van der Waals surface area contributed by atoms with Gasteiger partial charge in [-0.25, -0.2) is 9.78 Å². The molecule has 3 fully saturated rings. The van der Waals surface area contributed by atoms with E-state index in [-0.39, 0.29) is 71.3 Å². The largest absolute Gasteiger partial charge is 0.462 e. The second-order valence-electron chi connectivity index (χ2n) is 22.7. The van der Waals surface area contributed by atoms with Crippen LogP contribution < -0.4 is 10.5 Å². The molecule has 73 heavy (non-hydrogen) atoms. The van der Waals surface area contributed by atoms with Crippen LogP contribution in [0.3, 0.4) is 0 Å². The van der Waals surface area contributed by atoms with Crippen molar-refractivity contribution in [1.82, 2.24) is 19.4 Å². The first kappa shape index (κ1) is 49.5. The highest BCUT2D eigenvalue weighted by Crippen LogP contribution is 2.66. The number of pyridine rings is 2. The van der Waals surface area contributed by atoms with Crippen molar-refractivity contribution in [3.63, 3.8) is 0 Å². The number of cyclic esters (lactones) is 1. The van der Waals surface area contributed by atoms with Gasteiger partial charge in [-0.2, -0.15) is 0 Å². The Labute approximate surface area is 428 Å². The standard InChI is InChI=1S/C60H71N5O8/c1-6-60(71)50-31-52-56-41(34-65(52)57(69)47(50)35-72-58(60)70)29-45-39(12-11-13-51(45)61-56)33-64-26-24-63(25-27-64)23-10-8-7-9-22-62(5)42-16-14-38(15-17-42)46-32-59(4)48(36(2)66)20-21-49(59)55-53(73-37(3)67)30-40-28-43(68)18-19-44(40)54(46)55/h11-17,28-29,31,46,48-49,53,55,71H,6-10,18-27,30,32-35H2,1-5H3/t46-,48+,49+,53?,55-,59-,60+/m1/s1. The Morgan fingerprint density at radius 1 is 0.945 bits per heavy atom. The summed E-state index contributed by atoms with van der Waals surface area (Å²) < 4.78 is 13.1. The van der Waals surface area contributed by atoms with Crippen LogP contribution in [0.5, 0.6) is 0 Å². The summed E-state index contributed by atoms with van der Waals surface area (Å²) in [5.41, 5.74) is 8.88. The number of fused-ring (bicyclic) bond motifs is 9. The van der Waals surface area contributed by atoms with Gasteiger partial charge in [0.25, 0.3) is 5.56 Å². The van der Waals surface area contributed by atoms with Crippen molar-refractivity contribution in [2.45, 2.75) is 136 Å². The number of carbonyl (C=O) groups excluding carboxylic acids is 4. The Hall–Kier alpha value is -5.76. The Kier molecular flexibility index (Phi) is 13.2. The molecule has 4 aromatic rings. The van der Waals surface area contributed by atoms with Crippen molar-refractivity contribution < 1.29 is 33.8 Å². The summed E-state index contributed by atoms with van der Waals surface area (Å²) in [5, 5.41) is 12.4. The van der Waals surface area contributed by atoms with E-state index in [4.69, 9.17) is 14.5 Å². The number of benzene rings is 2. The maximum absolute atomic E-state index is 13.7. The highest BCUT2D eigenvalue weighted by Gasteiger charge is 2.60. The summed E-state index contributed by atoms with van der Waals surface area (Å²) in [4.78, 5) is 77.3. The Morgan fingerprint density at radius 3 is 2.47 bits per heavy atom. The van der Waals surface area contributed by atoms with E-state index in [9.17, 15) is 29.1 Å². The molecule has 7 atom stereocenters. The van der Waals surface area contributed by atoms with Crippen LogP contribution in [-0.4, -0.2) is 100 Å². The summed E-state index contributed by atoms with van der Waals surface area (Å²) in [6, 6.07) is 19.3. The molecule has 5 heterocycles. The topological polar surface area (TPSA) is 152 Å². The van der Waals surface area contributed by atoms with Crippen LogP contribution in [-0.2, 0) is 53.9 Å². The van der Waals surface area contributed by atoms with Crippen LogP contribution in [0.2, 0.25) is 0 Å². The van der Waals surface area contributed by atoms with Crippen LogP contribution >= 0.6 is 0 Å². The number of hydrogen-bond acceptors (Lipinski definition) is 12. The lowest BCUT2D eigenvalue weighted by atomic mass is 9.51. The van der Waals surface area contributed by atoms with Crippen LogP contribution in [0, 0.1) is 23.2 Å². The first-order valence-corrected chi connectivity index (χ1v) is 27.1. The predicted molar refractivity (Wildman–Crippen MR) is 280 cm³/mol. The number of anilines is 1. The number of ketones is 2. The van der Waals surface area contributed by atoms with Crippen molar-refractivity contribution >= 4 is 40.1 Å². The first-order valence-electron chi connectivity index (χ1n) is 27.1. The van der Waals surface area contributed by atoms with Gasteiger partial charge in [0.1, 0.15) is 18.5 Å². The second kappa shape index (κ2) is 19.5. The number of esters is 2. The maximum Gasteiger partial charge on any atom is 0.343 e. The number of piperazine rings is 1. The Balaban J connectivity index is 0.672. The zero-order valence-electron chi connectivity index (χ0n) is 43.3. The summed E-state index contributed by atoms with van der Waals surface area (Å²) in [6.07, 6.45) is 10.8. The molecule has 2 saturated carbocycles. The normalized spacial score (nSPS) is 27.6. The number of Topliss-reactive ketones (excluding diaryl/α,β-unsaturated/α-hetero) is 1. The van der Waals surface area contributed by atoms with Gasteiger partial charge in [-0.05, 0) is 128 Å². The molecule has 384 valence electrons. The number of nitrogens with zero attached hydrogens (tertiary/aromatic N) is 5. The number of allylic oxidation sites excluding steroid dienone is 2. The lowest BCUT2D eigenvalue weighted by Crippen LogP contribution is -2.50. The molecule has 3 aliphatic heterocycles. The van der Waals surface area contributed by atoms with Crippen LogP contribution in [0.15, 0.2) is 82.2 Å². The number of aromatic nitrogens is 2. The van der Waals surface area contributed by atoms with Gasteiger partial charge < -0.3 is 28.9 Å². The fraction of sp³-hybridized carbons (Fsp3) is 0.533. The van der Waals surface area contributed by atoms with Crippen molar-refractivity contribution in [3.05, 3.63) is 116 Å². The summed E-state index contributed by atoms with van der Waals surface area (Å²) >= 11 is 0. The highest BCUT2D eigenvalue weighted by molar-refractivity contribution is 5.93. The lowest BCUT2D eigenvalue weighted by Gasteiger charge is -2.54. The molecule has 1 N–H and O–H groups in total. The molecule has 4 aliphatic carbocycles. The molecule has 1 saturated heterocycles. The van der Waals surface area contributed by atoms with Crippen LogP contribution in [0.4, 0.5) is 5.69 Å². The van der Waals surface area contributed by atoms with E-state index in [0.717, 1.165) is 106 Å². The van der Waals surface area contributed by atoms with Crippen molar-refractivity contribution in [2.75, 3.05) is 51.2 Å². The molecule has 7 aliphatic rings.